The Balaban J connectivity index is 1.81. The Morgan fingerprint density at radius 1 is 1.10 bits per heavy atom. The molecule has 2 aliphatic rings. The third kappa shape index (κ3) is 2.08. The number of fused-ring (bicyclic) bond motifs is 3. The number of anilines is 1. The van der Waals surface area contributed by atoms with Crippen molar-refractivity contribution < 1.29 is 0 Å². The molecular weight excluding hydrogens is 292 g/mol. The van der Waals surface area contributed by atoms with E-state index >= 15 is 0 Å². The second-order valence-corrected chi connectivity index (χ2v) is 6.88. The fourth-order valence-corrected chi connectivity index (χ4v) is 4.70. The third-order valence-corrected chi connectivity index (χ3v) is 5.62. The van der Waals surface area contributed by atoms with Gasteiger partial charge in [-0.25, -0.2) is 9.97 Å². The summed E-state index contributed by atoms with van der Waals surface area (Å²) in [5.41, 5.74) is 1.41. The fourth-order valence-electron chi connectivity index (χ4n) is 3.11. The molecule has 1 N–H and O–H groups in total. The van der Waals surface area contributed by atoms with E-state index in [-0.39, 0.29) is 0 Å². The first-order valence-electron chi connectivity index (χ1n) is 7.26. The summed E-state index contributed by atoms with van der Waals surface area (Å²) in [6.07, 6.45) is 4.85. The molecule has 0 amide bonds. The summed E-state index contributed by atoms with van der Waals surface area (Å²) in [7, 11) is 0. The topological polar surface area (TPSA) is 41.1 Å². The first-order chi connectivity index (χ1) is 9.83. The van der Waals surface area contributed by atoms with Crippen LogP contribution in [0.2, 0.25) is 5.15 Å². The fraction of sp³-hybridized carbons (Fsp3) is 0.571. The second-order valence-electron chi connectivity index (χ2n) is 5.44. The van der Waals surface area contributed by atoms with Gasteiger partial charge in [0, 0.05) is 31.1 Å². The van der Waals surface area contributed by atoms with Crippen LogP contribution in [-0.2, 0) is 12.8 Å². The summed E-state index contributed by atoms with van der Waals surface area (Å²) < 4.78 is 0. The van der Waals surface area contributed by atoms with Gasteiger partial charge in [-0.15, -0.1) is 11.3 Å². The van der Waals surface area contributed by atoms with Crippen molar-refractivity contribution in [2.45, 2.75) is 25.7 Å². The average molecular weight is 309 g/mol. The number of nitrogens with zero attached hydrogens (tertiary/aromatic N) is 3. The minimum absolute atomic E-state index is 0.642. The average Bonchev–Trinajstić information content (AvgIpc) is 2.87. The van der Waals surface area contributed by atoms with Gasteiger partial charge in [-0.1, -0.05) is 11.6 Å². The smallest absolute Gasteiger partial charge is 0.228 e. The molecule has 106 valence electrons. The number of nitrogens with one attached hydrogen (secondary N) is 1. The van der Waals surface area contributed by atoms with E-state index in [0.717, 1.165) is 48.8 Å². The lowest BCUT2D eigenvalue weighted by atomic mass is 9.97. The highest BCUT2D eigenvalue weighted by Gasteiger charge is 2.22. The quantitative estimate of drug-likeness (QED) is 0.822. The van der Waals surface area contributed by atoms with Crippen LogP contribution in [0, 0.1) is 0 Å². The van der Waals surface area contributed by atoms with Gasteiger partial charge in [-0.05, 0) is 31.2 Å². The molecule has 0 atom stereocenters. The van der Waals surface area contributed by atoms with E-state index in [1.807, 2.05) is 11.3 Å². The van der Waals surface area contributed by atoms with Gasteiger partial charge in [0.1, 0.15) is 9.98 Å². The van der Waals surface area contributed by atoms with Crippen LogP contribution < -0.4 is 10.2 Å². The van der Waals surface area contributed by atoms with Gasteiger partial charge in [0.05, 0.1) is 5.39 Å². The summed E-state index contributed by atoms with van der Waals surface area (Å²) in [6, 6.07) is 0. The Bertz CT molecular complexity index is 648. The molecule has 0 radical (unpaired) electrons. The normalized spacial score (nSPS) is 19.4. The number of rotatable bonds is 1. The second kappa shape index (κ2) is 5.13. The van der Waals surface area contributed by atoms with Crippen molar-refractivity contribution >= 4 is 39.1 Å². The lowest BCUT2D eigenvalue weighted by Gasteiger charge is -2.27. The van der Waals surface area contributed by atoms with Gasteiger partial charge in [0.15, 0.2) is 0 Å². The van der Waals surface area contributed by atoms with Gasteiger partial charge >= 0.3 is 0 Å². The third-order valence-electron chi connectivity index (χ3n) is 4.16. The Labute approximate surface area is 127 Å². The van der Waals surface area contributed by atoms with Crippen molar-refractivity contribution in [3.8, 4) is 0 Å². The summed E-state index contributed by atoms with van der Waals surface area (Å²) in [6.45, 7) is 3.87. The number of thiophene rings is 1. The maximum Gasteiger partial charge on any atom is 0.228 e. The zero-order chi connectivity index (χ0) is 13.5. The Hall–Kier alpha value is -0.910. The van der Waals surface area contributed by atoms with Crippen molar-refractivity contribution in [3.05, 3.63) is 15.6 Å². The highest BCUT2D eigenvalue weighted by molar-refractivity contribution is 7.19. The van der Waals surface area contributed by atoms with Crippen LogP contribution in [0.15, 0.2) is 0 Å². The van der Waals surface area contributed by atoms with Crippen LogP contribution in [0.25, 0.3) is 10.2 Å². The first kappa shape index (κ1) is 12.8. The van der Waals surface area contributed by atoms with E-state index < -0.39 is 0 Å². The molecule has 0 unspecified atom stereocenters. The molecule has 0 spiro atoms. The van der Waals surface area contributed by atoms with Crippen molar-refractivity contribution in [1.82, 2.24) is 15.3 Å². The number of aromatic nitrogens is 2. The van der Waals surface area contributed by atoms with Crippen LogP contribution in [0.5, 0.6) is 0 Å². The van der Waals surface area contributed by atoms with Crippen molar-refractivity contribution in [3.63, 3.8) is 0 Å². The minimum atomic E-state index is 0.642. The summed E-state index contributed by atoms with van der Waals surface area (Å²) in [5.74, 6) is 0.794. The molecule has 1 saturated heterocycles. The SMILES string of the molecule is Clc1nc(N2CCNCC2)nc2sc3c(c12)CCCC3. The molecule has 2 aromatic heterocycles. The molecule has 4 nitrogen and oxygen atoms in total. The Kier molecular flexibility index (Phi) is 3.28. The van der Waals surface area contributed by atoms with Crippen LogP contribution in [-0.4, -0.2) is 36.1 Å². The molecule has 4 rings (SSSR count). The van der Waals surface area contributed by atoms with Gasteiger partial charge in [-0.3, -0.25) is 0 Å². The van der Waals surface area contributed by atoms with E-state index in [9.17, 15) is 0 Å². The molecule has 0 bridgehead atoms. The van der Waals surface area contributed by atoms with E-state index in [0.29, 0.717) is 5.15 Å². The lowest BCUT2D eigenvalue weighted by Crippen LogP contribution is -2.44. The predicted octanol–water partition coefficient (Wildman–Crippen LogP) is 2.63. The highest BCUT2D eigenvalue weighted by Crippen LogP contribution is 2.39. The molecule has 1 aliphatic heterocycles. The van der Waals surface area contributed by atoms with Crippen LogP contribution >= 0.6 is 22.9 Å². The van der Waals surface area contributed by atoms with E-state index in [1.54, 1.807) is 0 Å². The van der Waals surface area contributed by atoms with Crippen LogP contribution in [0.1, 0.15) is 23.3 Å². The van der Waals surface area contributed by atoms with E-state index in [4.69, 9.17) is 16.6 Å². The molecular formula is C14H17ClN4S. The molecule has 3 heterocycles. The summed E-state index contributed by atoms with van der Waals surface area (Å²) in [5, 5.41) is 5.11. The minimum Gasteiger partial charge on any atom is -0.338 e. The maximum atomic E-state index is 6.47. The molecule has 0 aromatic carbocycles. The predicted molar refractivity (Wildman–Crippen MR) is 84.1 cm³/mol. The van der Waals surface area contributed by atoms with E-state index in [2.05, 4.69) is 15.2 Å². The molecule has 2 aromatic rings. The van der Waals surface area contributed by atoms with Gasteiger partial charge in [-0.2, -0.15) is 0 Å². The maximum absolute atomic E-state index is 6.47. The lowest BCUT2D eigenvalue weighted by molar-refractivity contribution is 0.580. The Morgan fingerprint density at radius 3 is 2.75 bits per heavy atom. The monoisotopic (exact) mass is 308 g/mol. The van der Waals surface area contributed by atoms with Gasteiger partial charge < -0.3 is 10.2 Å². The number of hydrogen-bond donors (Lipinski definition) is 1. The summed E-state index contributed by atoms with van der Waals surface area (Å²) >= 11 is 8.29. The van der Waals surface area contributed by atoms with Crippen LogP contribution in [0.3, 0.4) is 0 Å². The number of piperazine rings is 1. The standard InChI is InChI=1S/C14H17ClN4S/c15-12-11-9-3-1-2-4-10(9)20-13(11)18-14(17-12)19-7-5-16-6-8-19/h16H,1-8H2. The number of halogens is 1. The Morgan fingerprint density at radius 2 is 1.90 bits per heavy atom. The van der Waals surface area contributed by atoms with Crippen molar-refractivity contribution in [2.75, 3.05) is 31.1 Å². The molecule has 1 fully saturated rings. The molecule has 6 heteroatoms. The summed E-state index contributed by atoms with van der Waals surface area (Å²) in [4.78, 5) is 14.1. The van der Waals surface area contributed by atoms with Gasteiger partial charge in [0.2, 0.25) is 5.95 Å². The van der Waals surface area contributed by atoms with Crippen molar-refractivity contribution in [2.24, 2.45) is 0 Å². The first-order valence-corrected chi connectivity index (χ1v) is 8.46. The van der Waals surface area contributed by atoms with Gasteiger partial charge in [0.25, 0.3) is 0 Å². The number of hydrogen-bond acceptors (Lipinski definition) is 5. The zero-order valence-corrected chi connectivity index (χ0v) is 12.9. The largest absolute Gasteiger partial charge is 0.338 e. The van der Waals surface area contributed by atoms with E-state index in [1.165, 1.54) is 29.7 Å². The van der Waals surface area contributed by atoms with Crippen molar-refractivity contribution in [1.29, 1.82) is 0 Å². The van der Waals surface area contributed by atoms with Crippen LogP contribution in [0.4, 0.5) is 5.95 Å². The highest BCUT2D eigenvalue weighted by atomic mass is 35.5. The molecule has 0 saturated carbocycles. The zero-order valence-electron chi connectivity index (χ0n) is 11.3. The molecule has 1 aliphatic carbocycles. The number of aryl methyl sites for hydroxylation is 2. The molecule has 20 heavy (non-hydrogen) atoms.